The number of para-hydroxylation sites is 2. The SMILES string of the molecule is c1ccc(N(c2ccc3c(c2)C2(c4ccccc4-c4ccccc42)c2ccccc2-3)c2ccc3c(ccc4ccc5nn(-c6ccccc6)nc5c43)c2)cc1. The molecule has 12 rings (SSSR count). The number of aromatic nitrogens is 3. The average molecular weight is 701 g/mol. The normalized spacial score (nSPS) is 13.2. The van der Waals surface area contributed by atoms with Gasteiger partial charge in [-0.3, -0.25) is 0 Å². The lowest BCUT2D eigenvalue weighted by atomic mass is 9.70. The monoisotopic (exact) mass is 700 g/mol. The van der Waals surface area contributed by atoms with Gasteiger partial charge in [-0.05, 0) is 115 Å². The largest absolute Gasteiger partial charge is 0.310 e. The lowest BCUT2D eigenvalue weighted by Crippen LogP contribution is -2.26. The highest BCUT2D eigenvalue weighted by atomic mass is 15.5. The van der Waals surface area contributed by atoms with E-state index in [1.165, 1.54) is 44.5 Å². The molecule has 4 nitrogen and oxygen atoms in total. The lowest BCUT2D eigenvalue weighted by molar-refractivity contribution is 0.766. The number of hydrogen-bond donors (Lipinski definition) is 0. The van der Waals surface area contributed by atoms with Crippen molar-refractivity contribution in [3.8, 4) is 27.9 Å². The maximum atomic E-state index is 5.03. The fraction of sp³-hybridized carbons (Fsp3) is 0.0196. The van der Waals surface area contributed by atoms with Crippen LogP contribution in [0.3, 0.4) is 0 Å². The zero-order chi connectivity index (χ0) is 36.1. The van der Waals surface area contributed by atoms with E-state index in [-0.39, 0.29) is 0 Å². The van der Waals surface area contributed by atoms with Crippen molar-refractivity contribution >= 4 is 49.6 Å². The third-order valence-electron chi connectivity index (χ3n) is 11.8. The molecule has 1 spiro atoms. The maximum Gasteiger partial charge on any atom is 0.122 e. The summed E-state index contributed by atoms with van der Waals surface area (Å²) in [6.45, 7) is 0. The van der Waals surface area contributed by atoms with E-state index in [1.807, 2.05) is 30.3 Å². The lowest BCUT2D eigenvalue weighted by Gasteiger charge is -2.32. The summed E-state index contributed by atoms with van der Waals surface area (Å²) >= 11 is 0. The summed E-state index contributed by atoms with van der Waals surface area (Å²) in [7, 11) is 0. The van der Waals surface area contributed by atoms with Crippen molar-refractivity contribution in [3.05, 3.63) is 216 Å². The molecule has 10 aromatic rings. The minimum Gasteiger partial charge on any atom is -0.310 e. The van der Waals surface area contributed by atoms with Crippen LogP contribution >= 0.6 is 0 Å². The van der Waals surface area contributed by atoms with Crippen LogP contribution in [0.5, 0.6) is 0 Å². The molecule has 2 aliphatic carbocycles. The molecule has 0 amide bonds. The molecule has 0 atom stereocenters. The van der Waals surface area contributed by atoms with Gasteiger partial charge in [0.25, 0.3) is 0 Å². The van der Waals surface area contributed by atoms with Gasteiger partial charge in [-0.15, -0.1) is 10.2 Å². The predicted octanol–water partition coefficient (Wildman–Crippen LogP) is 12.5. The molecular formula is C51H32N4. The zero-order valence-corrected chi connectivity index (χ0v) is 29.8. The topological polar surface area (TPSA) is 34.0 Å². The van der Waals surface area contributed by atoms with Crippen LogP contribution in [0.4, 0.5) is 17.1 Å². The van der Waals surface area contributed by atoms with E-state index in [1.54, 1.807) is 4.80 Å². The molecule has 55 heavy (non-hydrogen) atoms. The summed E-state index contributed by atoms with van der Waals surface area (Å²) in [5.41, 5.74) is 16.2. The highest BCUT2D eigenvalue weighted by molar-refractivity contribution is 6.18. The van der Waals surface area contributed by atoms with Crippen molar-refractivity contribution in [2.75, 3.05) is 4.90 Å². The van der Waals surface area contributed by atoms with Crippen molar-refractivity contribution in [2.24, 2.45) is 0 Å². The Balaban J connectivity index is 1.07. The summed E-state index contributed by atoms with van der Waals surface area (Å²) in [6, 6.07) is 70.5. The van der Waals surface area contributed by atoms with Gasteiger partial charge in [0.05, 0.1) is 11.1 Å². The molecule has 0 N–H and O–H groups in total. The van der Waals surface area contributed by atoms with E-state index >= 15 is 0 Å². The summed E-state index contributed by atoms with van der Waals surface area (Å²) in [4.78, 5) is 4.15. The van der Waals surface area contributed by atoms with Crippen LogP contribution in [0.1, 0.15) is 22.3 Å². The van der Waals surface area contributed by atoms with E-state index in [2.05, 4.69) is 169 Å². The van der Waals surface area contributed by atoms with Crippen LogP contribution in [0.2, 0.25) is 0 Å². The Morgan fingerprint density at radius 2 is 0.945 bits per heavy atom. The first-order chi connectivity index (χ1) is 27.3. The number of benzene rings is 9. The zero-order valence-electron chi connectivity index (χ0n) is 29.8. The minimum atomic E-state index is -0.414. The molecule has 9 aromatic carbocycles. The molecule has 1 heterocycles. The van der Waals surface area contributed by atoms with Gasteiger partial charge in [-0.25, -0.2) is 0 Å². The van der Waals surface area contributed by atoms with Crippen molar-refractivity contribution in [1.82, 2.24) is 15.0 Å². The van der Waals surface area contributed by atoms with E-state index in [9.17, 15) is 0 Å². The van der Waals surface area contributed by atoms with Crippen molar-refractivity contribution in [3.63, 3.8) is 0 Å². The van der Waals surface area contributed by atoms with Crippen LogP contribution in [-0.4, -0.2) is 15.0 Å². The number of hydrogen-bond acceptors (Lipinski definition) is 3. The van der Waals surface area contributed by atoms with Gasteiger partial charge >= 0.3 is 0 Å². The van der Waals surface area contributed by atoms with Gasteiger partial charge < -0.3 is 4.90 Å². The number of nitrogens with zero attached hydrogens (tertiary/aromatic N) is 4. The van der Waals surface area contributed by atoms with Gasteiger partial charge in [0, 0.05) is 22.4 Å². The fourth-order valence-corrected chi connectivity index (χ4v) is 9.58. The van der Waals surface area contributed by atoms with Crippen LogP contribution in [0.25, 0.3) is 60.5 Å². The van der Waals surface area contributed by atoms with Gasteiger partial charge in [-0.1, -0.05) is 140 Å². The second kappa shape index (κ2) is 11.3. The smallest absolute Gasteiger partial charge is 0.122 e. The molecule has 0 unspecified atom stereocenters. The van der Waals surface area contributed by atoms with E-state index in [0.29, 0.717) is 0 Å². The summed E-state index contributed by atoms with van der Waals surface area (Å²) < 4.78 is 0. The molecule has 2 aliphatic rings. The maximum absolute atomic E-state index is 5.03. The highest BCUT2D eigenvalue weighted by Crippen LogP contribution is 2.63. The van der Waals surface area contributed by atoms with Crippen LogP contribution in [0.15, 0.2) is 194 Å². The van der Waals surface area contributed by atoms with Gasteiger partial charge in [0.1, 0.15) is 11.0 Å². The van der Waals surface area contributed by atoms with Crippen molar-refractivity contribution in [2.45, 2.75) is 5.41 Å². The fourth-order valence-electron chi connectivity index (χ4n) is 9.58. The Morgan fingerprint density at radius 3 is 1.64 bits per heavy atom. The Bertz CT molecular complexity index is 3100. The Kier molecular flexibility index (Phi) is 6.23. The Hall–Kier alpha value is -7.30. The van der Waals surface area contributed by atoms with Crippen molar-refractivity contribution in [1.29, 1.82) is 0 Å². The minimum absolute atomic E-state index is 0.414. The van der Waals surface area contributed by atoms with E-state index in [4.69, 9.17) is 10.2 Å². The summed E-state index contributed by atoms with van der Waals surface area (Å²) in [6.07, 6.45) is 0. The van der Waals surface area contributed by atoms with Gasteiger partial charge in [-0.2, -0.15) is 4.80 Å². The third-order valence-corrected chi connectivity index (χ3v) is 11.8. The molecule has 1 aromatic heterocycles. The van der Waals surface area contributed by atoms with E-state index in [0.717, 1.165) is 55.3 Å². The number of fused-ring (bicyclic) bond motifs is 15. The molecule has 0 saturated heterocycles. The standard InChI is InChI=1S/C51H32N4/c1-3-13-35(14-4-1)54(37-26-28-39-34(31-37)24-23-33-25-30-48-50(49(33)39)53-55(52-48)36-15-5-2-6-16-36)38-27-29-43-42-19-9-12-22-46(42)51(47(43)32-38)44-20-10-7-17-40(44)41-18-8-11-21-45(41)51/h1-32H. The van der Waals surface area contributed by atoms with Crippen LogP contribution in [-0.2, 0) is 5.41 Å². The highest BCUT2D eigenvalue weighted by Gasteiger charge is 2.51. The van der Waals surface area contributed by atoms with Crippen molar-refractivity contribution < 1.29 is 0 Å². The summed E-state index contributed by atoms with van der Waals surface area (Å²) in [5.74, 6) is 0. The molecule has 0 bridgehead atoms. The summed E-state index contributed by atoms with van der Waals surface area (Å²) in [5, 5.41) is 14.5. The second-order valence-electron chi connectivity index (χ2n) is 14.6. The Labute approximate surface area is 318 Å². The van der Waals surface area contributed by atoms with Crippen LogP contribution < -0.4 is 4.90 Å². The molecule has 256 valence electrons. The molecule has 0 aliphatic heterocycles. The third kappa shape index (κ3) is 4.16. The molecule has 0 radical (unpaired) electrons. The second-order valence-corrected chi connectivity index (χ2v) is 14.6. The number of rotatable bonds is 4. The Morgan fingerprint density at radius 1 is 0.400 bits per heavy atom. The van der Waals surface area contributed by atoms with E-state index < -0.39 is 5.41 Å². The van der Waals surface area contributed by atoms with Crippen LogP contribution in [0, 0.1) is 0 Å². The predicted molar refractivity (Wildman–Crippen MR) is 225 cm³/mol. The average Bonchev–Trinajstić information content (AvgIpc) is 3.92. The molecule has 0 saturated carbocycles. The quantitative estimate of drug-likeness (QED) is 0.171. The first kappa shape index (κ1) is 30.2. The molecular weight excluding hydrogens is 669 g/mol. The van der Waals surface area contributed by atoms with Gasteiger partial charge in [0.2, 0.25) is 0 Å². The molecule has 4 heteroatoms. The van der Waals surface area contributed by atoms with Gasteiger partial charge in [0.15, 0.2) is 0 Å². The number of anilines is 3. The first-order valence-electron chi connectivity index (χ1n) is 18.8. The molecule has 0 fully saturated rings. The first-order valence-corrected chi connectivity index (χ1v) is 18.8.